The van der Waals surface area contributed by atoms with Gasteiger partial charge in [0.15, 0.2) is 0 Å². The Bertz CT molecular complexity index is 433. The van der Waals surface area contributed by atoms with Crippen LogP contribution < -0.4 is 4.74 Å². The van der Waals surface area contributed by atoms with E-state index in [2.05, 4.69) is 14.9 Å². The van der Waals surface area contributed by atoms with E-state index in [1.807, 2.05) is 25.9 Å². The number of aromatic nitrogens is 2. The molecule has 0 aliphatic carbocycles. The van der Waals surface area contributed by atoms with Gasteiger partial charge in [-0.15, -0.1) is 0 Å². The number of rotatable bonds is 4. The van der Waals surface area contributed by atoms with Crippen molar-refractivity contribution in [3.05, 3.63) is 18.1 Å². The van der Waals surface area contributed by atoms with Gasteiger partial charge in [-0.25, -0.2) is 9.97 Å². The highest BCUT2D eigenvalue weighted by Crippen LogP contribution is 2.15. The third-order valence-electron chi connectivity index (χ3n) is 3.32. The maximum Gasteiger partial charge on any atom is 0.274 e. The molecule has 0 N–H and O–H groups in total. The minimum atomic E-state index is -0.0556. The van der Waals surface area contributed by atoms with E-state index in [-0.39, 0.29) is 5.91 Å². The van der Waals surface area contributed by atoms with Crippen LogP contribution in [0.3, 0.4) is 0 Å². The van der Waals surface area contributed by atoms with Gasteiger partial charge < -0.3 is 14.5 Å². The topological polar surface area (TPSA) is 58.6 Å². The van der Waals surface area contributed by atoms with Gasteiger partial charge in [0.25, 0.3) is 5.91 Å². The number of amides is 1. The first kappa shape index (κ1) is 13.7. The molecule has 6 heteroatoms. The van der Waals surface area contributed by atoms with Crippen LogP contribution in [0, 0.1) is 0 Å². The molecule has 0 spiro atoms. The molecule has 1 saturated heterocycles. The van der Waals surface area contributed by atoms with Crippen LogP contribution >= 0.6 is 0 Å². The highest BCUT2D eigenvalue weighted by Gasteiger charge is 2.28. The van der Waals surface area contributed by atoms with E-state index in [4.69, 9.17) is 4.74 Å². The number of carbonyl (C=O) groups excluding carboxylic acids is 1. The highest BCUT2D eigenvalue weighted by molar-refractivity contribution is 5.92. The fourth-order valence-electron chi connectivity index (χ4n) is 2.16. The molecule has 0 saturated carbocycles. The first-order valence-corrected chi connectivity index (χ1v) is 6.52. The van der Waals surface area contributed by atoms with Crippen molar-refractivity contribution in [3.63, 3.8) is 0 Å². The lowest BCUT2D eigenvalue weighted by Gasteiger charge is -2.20. The van der Waals surface area contributed by atoms with Crippen LogP contribution in [0.1, 0.15) is 23.8 Å². The molecule has 0 radical (unpaired) electrons. The molecule has 1 aliphatic heterocycles. The van der Waals surface area contributed by atoms with Crippen molar-refractivity contribution in [2.24, 2.45) is 0 Å². The lowest BCUT2D eigenvalue weighted by atomic mass is 10.2. The van der Waals surface area contributed by atoms with E-state index < -0.39 is 0 Å². The Morgan fingerprint density at radius 1 is 1.47 bits per heavy atom. The van der Waals surface area contributed by atoms with Crippen molar-refractivity contribution in [2.45, 2.75) is 19.4 Å². The molecule has 1 aliphatic rings. The van der Waals surface area contributed by atoms with Crippen molar-refractivity contribution in [2.75, 3.05) is 33.8 Å². The number of nitrogens with zero attached hydrogens (tertiary/aromatic N) is 4. The lowest BCUT2D eigenvalue weighted by Crippen LogP contribution is -2.34. The third-order valence-corrected chi connectivity index (χ3v) is 3.32. The van der Waals surface area contributed by atoms with E-state index in [9.17, 15) is 4.79 Å². The van der Waals surface area contributed by atoms with Gasteiger partial charge in [0, 0.05) is 19.1 Å². The molecule has 0 aromatic carbocycles. The normalized spacial score (nSPS) is 18.9. The van der Waals surface area contributed by atoms with Crippen molar-refractivity contribution in [1.29, 1.82) is 0 Å². The Balaban J connectivity index is 2.00. The molecular formula is C13H20N4O2. The fraction of sp³-hybridized carbons (Fsp3) is 0.615. The molecule has 1 aromatic rings. The summed E-state index contributed by atoms with van der Waals surface area (Å²) in [7, 11) is 4.07. The monoisotopic (exact) mass is 264 g/mol. The second kappa shape index (κ2) is 5.97. The fourth-order valence-corrected chi connectivity index (χ4v) is 2.16. The second-order valence-corrected chi connectivity index (χ2v) is 4.83. The Kier molecular flexibility index (Phi) is 4.31. The summed E-state index contributed by atoms with van der Waals surface area (Å²) >= 11 is 0. The zero-order valence-electron chi connectivity index (χ0n) is 11.7. The molecule has 104 valence electrons. The average Bonchev–Trinajstić information content (AvgIpc) is 2.89. The Hall–Kier alpha value is -1.69. The molecule has 2 heterocycles. The first-order chi connectivity index (χ1) is 9.11. The van der Waals surface area contributed by atoms with E-state index in [1.165, 1.54) is 12.4 Å². The van der Waals surface area contributed by atoms with Crippen LogP contribution in [-0.2, 0) is 0 Å². The summed E-state index contributed by atoms with van der Waals surface area (Å²) < 4.78 is 5.21. The smallest absolute Gasteiger partial charge is 0.274 e. The molecule has 2 rings (SSSR count). The quantitative estimate of drug-likeness (QED) is 0.799. The Labute approximate surface area is 113 Å². The number of likely N-dealkylation sites (tertiary alicyclic amines) is 1. The van der Waals surface area contributed by atoms with Gasteiger partial charge in [-0.1, -0.05) is 0 Å². The van der Waals surface area contributed by atoms with Crippen molar-refractivity contribution < 1.29 is 9.53 Å². The van der Waals surface area contributed by atoms with Crippen LogP contribution in [0.5, 0.6) is 5.88 Å². The molecule has 6 nitrogen and oxygen atoms in total. The van der Waals surface area contributed by atoms with Gasteiger partial charge in [-0.3, -0.25) is 4.79 Å². The summed E-state index contributed by atoms with van der Waals surface area (Å²) in [6, 6.07) is 0.430. The van der Waals surface area contributed by atoms with Crippen molar-refractivity contribution >= 4 is 5.91 Å². The second-order valence-electron chi connectivity index (χ2n) is 4.83. The molecule has 19 heavy (non-hydrogen) atoms. The van der Waals surface area contributed by atoms with Gasteiger partial charge in [0.1, 0.15) is 5.69 Å². The van der Waals surface area contributed by atoms with Gasteiger partial charge in [-0.2, -0.15) is 0 Å². The van der Waals surface area contributed by atoms with Gasteiger partial charge in [-0.05, 0) is 27.4 Å². The summed E-state index contributed by atoms with van der Waals surface area (Å²) in [5.41, 5.74) is 0.378. The highest BCUT2D eigenvalue weighted by atomic mass is 16.5. The number of hydrogen-bond acceptors (Lipinski definition) is 5. The van der Waals surface area contributed by atoms with Gasteiger partial charge >= 0.3 is 0 Å². The maximum absolute atomic E-state index is 12.2. The molecule has 1 unspecified atom stereocenters. The summed E-state index contributed by atoms with van der Waals surface area (Å²) in [5, 5.41) is 0. The summed E-state index contributed by atoms with van der Waals surface area (Å²) in [4.78, 5) is 24.4. The zero-order chi connectivity index (χ0) is 13.8. The first-order valence-electron chi connectivity index (χ1n) is 6.52. The van der Waals surface area contributed by atoms with Crippen molar-refractivity contribution in [1.82, 2.24) is 19.8 Å². The Morgan fingerprint density at radius 3 is 2.79 bits per heavy atom. The summed E-state index contributed by atoms with van der Waals surface area (Å²) in [6.45, 7) is 3.95. The van der Waals surface area contributed by atoms with Crippen LogP contribution in [0.25, 0.3) is 0 Å². The molecular weight excluding hydrogens is 244 g/mol. The van der Waals surface area contributed by atoms with Gasteiger partial charge in [0.05, 0.1) is 19.0 Å². The minimum Gasteiger partial charge on any atom is -0.477 e. The van der Waals surface area contributed by atoms with E-state index in [1.54, 1.807) is 0 Å². The Morgan fingerprint density at radius 2 is 2.26 bits per heavy atom. The summed E-state index contributed by atoms with van der Waals surface area (Å²) in [6.07, 6.45) is 3.98. The predicted molar refractivity (Wildman–Crippen MR) is 71.2 cm³/mol. The number of carbonyl (C=O) groups is 1. The lowest BCUT2D eigenvalue weighted by molar-refractivity contribution is 0.0776. The average molecular weight is 264 g/mol. The maximum atomic E-state index is 12.2. The largest absolute Gasteiger partial charge is 0.477 e. The molecule has 1 amide bonds. The number of ether oxygens (including phenoxy) is 1. The zero-order valence-corrected chi connectivity index (χ0v) is 11.7. The predicted octanol–water partition coefficient (Wildman–Crippen LogP) is 0.651. The van der Waals surface area contributed by atoms with Crippen LogP contribution in [0.2, 0.25) is 0 Å². The summed E-state index contributed by atoms with van der Waals surface area (Å²) in [5.74, 6) is 0.395. The third kappa shape index (κ3) is 3.20. The van der Waals surface area contributed by atoms with Crippen LogP contribution in [0.15, 0.2) is 12.4 Å². The van der Waals surface area contributed by atoms with E-state index in [0.717, 1.165) is 19.5 Å². The molecule has 1 fully saturated rings. The number of hydrogen-bond donors (Lipinski definition) is 0. The van der Waals surface area contributed by atoms with E-state index >= 15 is 0 Å². The molecule has 1 atom stereocenters. The standard InChI is InChI=1S/C13H20N4O2/c1-4-19-12-8-14-11(7-15-12)13(18)17-6-5-10(9-17)16(2)3/h7-8,10H,4-6,9H2,1-3H3. The molecule has 1 aromatic heterocycles. The molecule has 0 bridgehead atoms. The van der Waals surface area contributed by atoms with Crippen LogP contribution in [0.4, 0.5) is 0 Å². The van der Waals surface area contributed by atoms with Crippen molar-refractivity contribution in [3.8, 4) is 5.88 Å². The SMILES string of the molecule is CCOc1cnc(C(=O)N2CCC(N(C)C)C2)cn1. The minimum absolute atomic E-state index is 0.0556. The van der Waals surface area contributed by atoms with Crippen LogP contribution in [-0.4, -0.2) is 65.5 Å². The number of likely N-dealkylation sites (N-methyl/N-ethyl adjacent to an activating group) is 1. The van der Waals surface area contributed by atoms with Gasteiger partial charge in [0.2, 0.25) is 5.88 Å². The van der Waals surface area contributed by atoms with E-state index in [0.29, 0.717) is 24.2 Å².